The van der Waals surface area contributed by atoms with Crippen LogP contribution in [0.2, 0.25) is 0 Å². The van der Waals surface area contributed by atoms with Crippen molar-refractivity contribution in [3.05, 3.63) is 28.0 Å². The number of nitrogens with zero attached hydrogens (tertiary/aromatic N) is 1. The van der Waals surface area contributed by atoms with Crippen LogP contribution in [0.3, 0.4) is 0 Å². The number of nitriles is 1. The van der Waals surface area contributed by atoms with Crippen LogP contribution in [0.5, 0.6) is 0 Å². The summed E-state index contributed by atoms with van der Waals surface area (Å²) in [5.41, 5.74) is 0.0335. The topological polar surface area (TPSA) is 50.1 Å². The Balaban J connectivity index is 2.81. The molecule has 4 heteroatoms. The summed E-state index contributed by atoms with van der Waals surface area (Å²) < 4.78 is 4.93. The number of rotatable bonds is 3. The predicted octanol–water partition coefficient (Wildman–Crippen LogP) is 2.61. The highest BCUT2D eigenvalue weighted by molar-refractivity contribution is 7.10. The van der Waals surface area contributed by atoms with Gasteiger partial charge in [-0.25, -0.2) is 4.79 Å². The molecule has 3 nitrogen and oxygen atoms in total. The Kier molecular flexibility index (Phi) is 4.07. The molecule has 15 heavy (non-hydrogen) atoms. The van der Waals surface area contributed by atoms with Crippen LogP contribution in [-0.2, 0) is 9.53 Å². The zero-order valence-corrected chi connectivity index (χ0v) is 9.38. The van der Waals surface area contributed by atoms with E-state index in [9.17, 15) is 4.79 Å². The van der Waals surface area contributed by atoms with Crippen LogP contribution in [0.4, 0.5) is 0 Å². The molecule has 0 amide bonds. The lowest BCUT2D eigenvalue weighted by molar-refractivity contribution is -0.142. The van der Waals surface area contributed by atoms with Gasteiger partial charge in [0.25, 0.3) is 0 Å². The molecule has 0 radical (unpaired) electrons. The highest BCUT2D eigenvalue weighted by atomic mass is 32.1. The van der Waals surface area contributed by atoms with E-state index in [4.69, 9.17) is 10.00 Å². The fourth-order valence-corrected chi connectivity index (χ4v) is 1.59. The van der Waals surface area contributed by atoms with Gasteiger partial charge in [0.05, 0.1) is 6.10 Å². The van der Waals surface area contributed by atoms with Crippen molar-refractivity contribution in [3.8, 4) is 6.07 Å². The molecule has 1 heterocycles. The molecule has 0 aliphatic carbocycles. The van der Waals surface area contributed by atoms with Gasteiger partial charge >= 0.3 is 5.97 Å². The van der Waals surface area contributed by atoms with Crippen LogP contribution in [0.1, 0.15) is 18.7 Å². The first-order valence-electron chi connectivity index (χ1n) is 4.49. The lowest BCUT2D eigenvalue weighted by atomic mass is 10.2. The van der Waals surface area contributed by atoms with E-state index in [1.165, 1.54) is 17.4 Å². The lowest BCUT2D eigenvalue weighted by Gasteiger charge is -2.05. The summed E-state index contributed by atoms with van der Waals surface area (Å²) in [6.07, 6.45) is 1.33. The SMILES string of the molecule is CC(C)OC(=O)C(C#N)=Cc1cccs1. The molecule has 0 aromatic carbocycles. The largest absolute Gasteiger partial charge is 0.459 e. The molecule has 0 unspecified atom stereocenters. The Morgan fingerprint density at radius 3 is 2.87 bits per heavy atom. The van der Waals surface area contributed by atoms with Gasteiger partial charge in [0, 0.05) is 4.88 Å². The predicted molar refractivity (Wildman–Crippen MR) is 59.1 cm³/mol. The summed E-state index contributed by atoms with van der Waals surface area (Å²) in [5, 5.41) is 10.7. The molecule has 0 spiro atoms. The Labute approximate surface area is 92.6 Å². The monoisotopic (exact) mass is 221 g/mol. The minimum atomic E-state index is -0.569. The first-order chi connectivity index (χ1) is 7.13. The van der Waals surface area contributed by atoms with Gasteiger partial charge in [-0.3, -0.25) is 0 Å². The van der Waals surface area contributed by atoms with Crippen molar-refractivity contribution in [2.24, 2.45) is 0 Å². The van der Waals surface area contributed by atoms with Crippen LogP contribution in [0.25, 0.3) is 6.08 Å². The van der Waals surface area contributed by atoms with E-state index in [-0.39, 0.29) is 11.7 Å². The van der Waals surface area contributed by atoms with Crippen molar-refractivity contribution in [1.82, 2.24) is 0 Å². The van der Waals surface area contributed by atoms with Gasteiger partial charge in [-0.05, 0) is 31.4 Å². The lowest BCUT2D eigenvalue weighted by Crippen LogP contribution is -2.12. The molecule has 0 N–H and O–H groups in total. The van der Waals surface area contributed by atoms with Crippen LogP contribution >= 0.6 is 11.3 Å². The molecular weight excluding hydrogens is 210 g/mol. The van der Waals surface area contributed by atoms with Crippen molar-refractivity contribution in [2.75, 3.05) is 0 Å². The van der Waals surface area contributed by atoms with Gasteiger partial charge in [0.2, 0.25) is 0 Å². The zero-order valence-electron chi connectivity index (χ0n) is 8.56. The summed E-state index contributed by atoms with van der Waals surface area (Å²) in [5.74, 6) is -0.569. The van der Waals surface area contributed by atoms with Crippen molar-refractivity contribution in [3.63, 3.8) is 0 Å². The van der Waals surface area contributed by atoms with Crippen molar-refractivity contribution < 1.29 is 9.53 Å². The third kappa shape index (κ3) is 3.56. The summed E-state index contributed by atoms with van der Waals surface area (Å²) in [4.78, 5) is 12.3. The maximum Gasteiger partial charge on any atom is 0.349 e. The minimum absolute atomic E-state index is 0.0335. The molecule has 0 aliphatic rings. The Bertz CT molecular complexity index is 399. The van der Waals surface area contributed by atoms with Crippen molar-refractivity contribution in [1.29, 1.82) is 5.26 Å². The number of carbonyl (C=O) groups excluding carboxylic acids is 1. The average molecular weight is 221 g/mol. The fraction of sp³-hybridized carbons (Fsp3) is 0.273. The van der Waals surface area contributed by atoms with Gasteiger partial charge in [0.15, 0.2) is 0 Å². The van der Waals surface area contributed by atoms with Crippen LogP contribution in [-0.4, -0.2) is 12.1 Å². The number of hydrogen-bond donors (Lipinski definition) is 0. The van der Waals surface area contributed by atoms with Gasteiger partial charge < -0.3 is 4.74 Å². The minimum Gasteiger partial charge on any atom is -0.459 e. The second-order valence-electron chi connectivity index (χ2n) is 3.14. The van der Waals surface area contributed by atoms with E-state index < -0.39 is 5.97 Å². The van der Waals surface area contributed by atoms with Crippen molar-refractivity contribution >= 4 is 23.4 Å². The number of carbonyl (C=O) groups is 1. The van der Waals surface area contributed by atoms with Crippen LogP contribution < -0.4 is 0 Å². The van der Waals surface area contributed by atoms with E-state index in [0.29, 0.717) is 0 Å². The normalized spacial score (nSPS) is 11.2. The summed E-state index contributed by atoms with van der Waals surface area (Å²) in [7, 11) is 0. The third-order valence-electron chi connectivity index (χ3n) is 1.51. The highest BCUT2D eigenvalue weighted by Crippen LogP contribution is 2.14. The Morgan fingerprint density at radius 2 is 2.40 bits per heavy atom. The van der Waals surface area contributed by atoms with Gasteiger partial charge in [-0.2, -0.15) is 5.26 Å². The molecule has 0 bridgehead atoms. The maximum atomic E-state index is 11.4. The first-order valence-corrected chi connectivity index (χ1v) is 5.37. The van der Waals surface area contributed by atoms with E-state index in [2.05, 4.69) is 0 Å². The molecule has 0 saturated heterocycles. The summed E-state index contributed by atoms with van der Waals surface area (Å²) in [6, 6.07) is 5.54. The van der Waals surface area contributed by atoms with E-state index in [1.807, 2.05) is 23.6 Å². The second kappa shape index (κ2) is 5.32. The zero-order chi connectivity index (χ0) is 11.3. The van der Waals surface area contributed by atoms with Crippen LogP contribution in [0.15, 0.2) is 23.1 Å². The number of esters is 1. The maximum absolute atomic E-state index is 11.4. The van der Waals surface area contributed by atoms with Crippen molar-refractivity contribution in [2.45, 2.75) is 20.0 Å². The van der Waals surface area contributed by atoms with E-state index in [0.717, 1.165) is 4.88 Å². The Morgan fingerprint density at radius 1 is 1.67 bits per heavy atom. The summed E-state index contributed by atoms with van der Waals surface area (Å²) in [6.45, 7) is 3.50. The first kappa shape index (κ1) is 11.5. The van der Waals surface area contributed by atoms with Gasteiger partial charge in [-0.1, -0.05) is 6.07 Å². The van der Waals surface area contributed by atoms with Gasteiger partial charge in [0.1, 0.15) is 11.6 Å². The van der Waals surface area contributed by atoms with Crippen LogP contribution in [0, 0.1) is 11.3 Å². The third-order valence-corrected chi connectivity index (χ3v) is 2.33. The fourth-order valence-electron chi connectivity index (χ4n) is 0.930. The molecule has 1 aromatic rings. The Hall–Kier alpha value is -1.60. The summed E-state index contributed by atoms with van der Waals surface area (Å²) >= 11 is 1.47. The quantitative estimate of drug-likeness (QED) is 0.448. The smallest absolute Gasteiger partial charge is 0.349 e. The molecule has 78 valence electrons. The van der Waals surface area contributed by atoms with E-state index in [1.54, 1.807) is 13.8 Å². The standard InChI is InChI=1S/C11H11NO2S/c1-8(2)14-11(13)9(7-12)6-10-4-3-5-15-10/h3-6,8H,1-2H3. The average Bonchev–Trinajstić information content (AvgIpc) is 2.65. The molecule has 0 aliphatic heterocycles. The van der Waals surface area contributed by atoms with Gasteiger partial charge in [-0.15, -0.1) is 11.3 Å². The number of hydrogen-bond acceptors (Lipinski definition) is 4. The molecule has 1 aromatic heterocycles. The molecule has 0 saturated carbocycles. The molecule has 0 atom stereocenters. The molecule has 0 fully saturated rings. The highest BCUT2D eigenvalue weighted by Gasteiger charge is 2.12. The van der Waals surface area contributed by atoms with E-state index >= 15 is 0 Å². The number of ether oxygens (including phenoxy) is 1. The number of thiophene rings is 1. The second-order valence-corrected chi connectivity index (χ2v) is 4.12. The molecular formula is C11H11NO2S. The molecule has 1 rings (SSSR count).